The Hall–Kier alpha value is -0.750. The maximum atomic E-state index is 11.3. The largest absolute Gasteiger partial charge is 0.384 e. The summed E-state index contributed by atoms with van der Waals surface area (Å²) >= 11 is 0. The van der Waals surface area contributed by atoms with Crippen LogP contribution in [-0.4, -0.2) is 29.7 Å². The molecule has 0 saturated carbocycles. The van der Waals surface area contributed by atoms with Crippen molar-refractivity contribution in [3.05, 3.63) is 11.8 Å². The van der Waals surface area contributed by atoms with Crippen LogP contribution in [0.2, 0.25) is 0 Å². The molecule has 1 aromatic heterocycles. The monoisotopic (exact) mass is 251 g/mol. The van der Waals surface area contributed by atoms with Gasteiger partial charge in [0.1, 0.15) is 5.82 Å². The smallest absolute Gasteiger partial charge is 0.152 e. The van der Waals surface area contributed by atoms with E-state index in [-0.39, 0.29) is 30.0 Å². The van der Waals surface area contributed by atoms with E-state index in [4.69, 9.17) is 5.73 Å². The number of rotatable bonds is 1. The lowest BCUT2D eigenvalue weighted by molar-refractivity contribution is 0.504. The molecule has 15 heavy (non-hydrogen) atoms. The third-order valence-corrected chi connectivity index (χ3v) is 4.19. The Kier molecular flexibility index (Phi) is 3.30. The Bertz CT molecular complexity index is 454. The second-order valence-electron chi connectivity index (χ2n) is 3.71. The molecule has 2 N–H and O–H groups in total. The molecule has 1 atom stereocenters. The molecule has 1 fully saturated rings. The second-order valence-corrected chi connectivity index (χ2v) is 5.94. The lowest BCUT2D eigenvalue weighted by Crippen LogP contribution is -2.14. The van der Waals surface area contributed by atoms with E-state index in [1.807, 2.05) is 6.92 Å². The Balaban J connectivity index is 0.00000112. The first-order valence-corrected chi connectivity index (χ1v) is 6.32. The molecule has 1 unspecified atom stereocenters. The molecule has 2 rings (SSSR count). The summed E-state index contributed by atoms with van der Waals surface area (Å²) in [6.45, 7) is 1.84. The Morgan fingerprint density at radius 2 is 2.27 bits per heavy atom. The number of nitrogens with zero attached hydrogens (tertiary/aromatic N) is 2. The minimum atomic E-state index is -2.87. The van der Waals surface area contributed by atoms with Gasteiger partial charge in [0.05, 0.1) is 23.2 Å². The summed E-state index contributed by atoms with van der Waals surface area (Å²) in [5.74, 6) is 0.957. The summed E-state index contributed by atoms with van der Waals surface area (Å²) in [6.07, 6.45) is 0.619. The molecule has 1 aliphatic heterocycles. The highest BCUT2D eigenvalue weighted by molar-refractivity contribution is 7.91. The summed E-state index contributed by atoms with van der Waals surface area (Å²) in [5, 5.41) is 4.18. The van der Waals surface area contributed by atoms with Crippen LogP contribution >= 0.6 is 12.4 Å². The van der Waals surface area contributed by atoms with E-state index in [1.54, 1.807) is 10.7 Å². The third-order valence-electron chi connectivity index (χ3n) is 2.44. The number of hydrogen-bond donors (Lipinski definition) is 1. The summed E-state index contributed by atoms with van der Waals surface area (Å²) in [6, 6.07) is 1.68. The second kappa shape index (κ2) is 4.02. The molecule has 86 valence electrons. The van der Waals surface area contributed by atoms with Gasteiger partial charge in [0.25, 0.3) is 0 Å². The molecular weight excluding hydrogens is 238 g/mol. The average molecular weight is 252 g/mol. The lowest BCUT2D eigenvalue weighted by atomic mass is 10.3. The first kappa shape index (κ1) is 12.3. The van der Waals surface area contributed by atoms with Crippen molar-refractivity contribution in [2.45, 2.75) is 19.4 Å². The fraction of sp³-hybridized carbons (Fsp3) is 0.625. The van der Waals surface area contributed by atoms with Gasteiger partial charge in [-0.25, -0.2) is 13.1 Å². The molecule has 0 amide bonds. The van der Waals surface area contributed by atoms with E-state index in [0.29, 0.717) is 12.2 Å². The van der Waals surface area contributed by atoms with Crippen LogP contribution in [0, 0.1) is 6.92 Å². The van der Waals surface area contributed by atoms with Crippen molar-refractivity contribution < 1.29 is 8.42 Å². The van der Waals surface area contributed by atoms with Gasteiger partial charge in [-0.3, -0.25) is 0 Å². The zero-order valence-electron chi connectivity index (χ0n) is 8.38. The Labute approximate surface area is 95.0 Å². The summed E-state index contributed by atoms with van der Waals surface area (Å²) < 4.78 is 24.1. The molecule has 1 aromatic rings. The number of nitrogens with two attached hydrogens (primary N) is 1. The van der Waals surface area contributed by atoms with Gasteiger partial charge in [0, 0.05) is 6.07 Å². The molecule has 0 aromatic carbocycles. The fourth-order valence-corrected chi connectivity index (χ4v) is 3.49. The van der Waals surface area contributed by atoms with Crippen LogP contribution in [0.15, 0.2) is 6.07 Å². The first-order chi connectivity index (χ1) is 6.48. The molecule has 0 spiro atoms. The highest BCUT2D eigenvalue weighted by atomic mass is 35.5. The molecule has 2 heterocycles. The molecule has 0 radical (unpaired) electrons. The van der Waals surface area contributed by atoms with Gasteiger partial charge in [-0.1, -0.05) is 0 Å². The van der Waals surface area contributed by atoms with Crippen molar-refractivity contribution in [3.63, 3.8) is 0 Å². The van der Waals surface area contributed by atoms with E-state index >= 15 is 0 Å². The van der Waals surface area contributed by atoms with Crippen LogP contribution in [0.25, 0.3) is 0 Å². The van der Waals surface area contributed by atoms with E-state index in [9.17, 15) is 8.42 Å². The summed E-state index contributed by atoms with van der Waals surface area (Å²) in [5.41, 5.74) is 6.54. The maximum absolute atomic E-state index is 11.3. The topological polar surface area (TPSA) is 78.0 Å². The third kappa shape index (κ3) is 2.43. The van der Waals surface area contributed by atoms with Crippen molar-refractivity contribution in [1.82, 2.24) is 9.78 Å². The van der Waals surface area contributed by atoms with Crippen molar-refractivity contribution in [1.29, 1.82) is 0 Å². The van der Waals surface area contributed by atoms with Crippen LogP contribution in [0.4, 0.5) is 5.82 Å². The van der Waals surface area contributed by atoms with Gasteiger partial charge >= 0.3 is 0 Å². The van der Waals surface area contributed by atoms with Crippen molar-refractivity contribution in [3.8, 4) is 0 Å². The van der Waals surface area contributed by atoms with Crippen LogP contribution < -0.4 is 5.73 Å². The van der Waals surface area contributed by atoms with E-state index < -0.39 is 9.84 Å². The van der Waals surface area contributed by atoms with Crippen LogP contribution in [-0.2, 0) is 9.84 Å². The van der Waals surface area contributed by atoms with E-state index in [2.05, 4.69) is 5.10 Å². The molecule has 0 aliphatic carbocycles. The van der Waals surface area contributed by atoms with Crippen LogP contribution in [0.1, 0.15) is 18.2 Å². The lowest BCUT2D eigenvalue weighted by Gasteiger charge is -2.09. The van der Waals surface area contributed by atoms with Gasteiger partial charge in [-0.15, -0.1) is 12.4 Å². The van der Waals surface area contributed by atoms with E-state index in [0.717, 1.165) is 5.69 Å². The number of sulfone groups is 1. The first-order valence-electron chi connectivity index (χ1n) is 4.50. The zero-order valence-corrected chi connectivity index (χ0v) is 10.0. The molecule has 1 saturated heterocycles. The molecular formula is C8H14ClN3O2S. The number of anilines is 1. The van der Waals surface area contributed by atoms with Gasteiger partial charge in [0.15, 0.2) is 9.84 Å². The van der Waals surface area contributed by atoms with Gasteiger partial charge in [0.2, 0.25) is 0 Å². The summed E-state index contributed by atoms with van der Waals surface area (Å²) in [4.78, 5) is 0. The molecule has 0 bridgehead atoms. The minimum absolute atomic E-state index is 0. The number of aryl methyl sites for hydroxylation is 1. The molecule has 7 heteroatoms. The predicted octanol–water partition coefficient (Wildman–Crippen LogP) is 0.555. The number of hydrogen-bond acceptors (Lipinski definition) is 4. The van der Waals surface area contributed by atoms with Crippen molar-refractivity contribution in [2.24, 2.45) is 0 Å². The van der Waals surface area contributed by atoms with Crippen LogP contribution in [0.5, 0.6) is 0 Å². The molecule has 1 aliphatic rings. The number of aromatic nitrogens is 2. The van der Waals surface area contributed by atoms with Crippen LogP contribution in [0.3, 0.4) is 0 Å². The number of halogens is 1. The maximum Gasteiger partial charge on any atom is 0.152 e. The highest BCUT2D eigenvalue weighted by Crippen LogP contribution is 2.25. The molecule has 5 nitrogen and oxygen atoms in total. The average Bonchev–Trinajstić information content (AvgIpc) is 2.55. The van der Waals surface area contributed by atoms with Crippen molar-refractivity contribution in [2.75, 3.05) is 17.2 Å². The summed E-state index contributed by atoms with van der Waals surface area (Å²) in [7, 11) is -2.87. The highest BCUT2D eigenvalue weighted by Gasteiger charge is 2.30. The normalized spacial score (nSPS) is 23.7. The minimum Gasteiger partial charge on any atom is -0.384 e. The van der Waals surface area contributed by atoms with Crippen molar-refractivity contribution >= 4 is 28.1 Å². The van der Waals surface area contributed by atoms with E-state index in [1.165, 1.54) is 0 Å². The van der Waals surface area contributed by atoms with Gasteiger partial charge in [-0.05, 0) is 13.3 Å². The Morgan fingerprint density at radius 3 is 2.67 bits per heavy atom. The zero-order chi connectivity index (χ0) is 10.3. The SMILES string of the molecule is Cc1cc(N)n(C2CCS(=O)(=O)C2)n1.Cl. The number of nitrogen functional groups attached to an aromatic ring is 1. The quantitative estimate of drug-likeness (QED) is 0.791. The predicted molar refractivity (Wildman–Crippen MR) is 60.9 cm³/mol. The standard InChI is InChI=1S/C8H13N3O2S.ClH/c1-6-4-8(9)11(10-6)7-2-3-14(12,13)5-7;/h4,7H,2-3,5,9H2,1H3;1H. The fourth-order valence-electron chi connectivity index (χ4n) is 1.80. The van der Waals surface area contributed by atoms with Gasteiger partial charge in [-0.2, -0.15) is 5.10 Å². The Morgan fingerprint density at radius 1 is 1.60 bits per heavy atom. The van der Waals surface area contributed by atoms with Gasteiger partial charge < -0.3 is 5.73 Å².